The van der Waals surface area contributed by atoms with E-state index in [4.69, 9.17) is 10.7 Å². The van der Waals surface area contributed by atoms with E-state index in [1.165, 1.54) is 5.56 Å². The van der Waals surface area contributed by atoms with Crippen molar-refractivity contribution < 1.29 is 9.00 Å². The topological polar surface area (TPSA) is 88.3 Å². The Hall–Kier alpha value is -3.03. The molecule has 0 aliphatic carbocycles. The Balaban J connectivity index is 1.43. The molecule has 3 aromatic rings. The molecule has 4 rings (SSSR count). The van der Waals surface area contributed by atoms with Crippen molar-refractivity contribution in [2.24, 2.45) is 5.92 Å². The monoisotopic (exact) mass is 476 g/mol. The number of nitrogen functional groups attached to an aromatic ring is 1. The molecule has 2 atom stereocenters. The molecule has 178 valence electrons. The fourth-order valence-electron chi connectivity index (χ4n) is 4.54. The predicted molar refractivity (Wildman–Crippen MR) is 138 cm³/mol. The SMILES string of the molecule is CCS(=O)c1ccc(CC(=O)Nc2cnc3c(c2)CN(Cc2ccc(N)cc2)[C@H]3C(C)C)cc1. The zero-order valence-electron chi connectivity index (χ0n) is 20.0. The first-order valence-corrected chi connectivity index (χ1v) is 13.0. The number of anilines is 2. The van der Waals surface area contributed by atoms with Crippen molar-refractivity contribution in [3.63, 3.8) is 0 Å². The summed E-state index contributed by atoms with van der Waals surface area (Å²) in [6.45, 7) is 7.93. The van der Waals surface area contributed by atoms with E-state index in [-0.39, 0.29) is 18.4 Å². The number of carbonyl (C=O) groups excluding carboxylic acids is 1. The molecule has 1 aliphatic heterocycles. The Kier molecular flexibility index (Phi) is 7.44. The Bertz CT molecular complexity index is 1180. The average Bonchev–Trinajstić information content (AvgIpc) is 3.17. The normalized spacial score (nSPS) is 16.4. The van der Waals surface area contributed by atoms with Gasteiger partial charge in [0.05, 0.1) is 40.8 Å². The first kappa shape index (κ1) is 24.1. The molecule has 3 N–H and O–H groups in total. The predicted octanol–water partition coefficient (Wildman–Crippen LogP) is 4.69. The van der Waals surface area contributed by atoms with E-state index in [2.05, 4.69) is 36.2 Å². The summed E-state index contributed by atoms with van der Waals surface area (Å²) in [4.78, 5) is 20.6. The Labute approximate surface area is 204 Å². The first-order chi connectivity index (χ1) is 16.3. The van der Waals surface area contributed by atoms with Gasteiger partial charge >= 0.3 is 0 Å². The van der Waals surface area contributed by atoms with Crippen LogP contribution in [-0.4, -0.2) is 25.8 Å². The van der Waals surface area contributed by atoms with Crippen molar-refractivity contribution in [2.75, 3.05) is 16.8 Å². The van der Waals surface area contributed by atoms with E-state index in [1.807, 2.05) is 49.4 Å². The maximum Gasteiger partial charge on any atom is 0.228 e. The van der Waals surface area contributed by atoms with Gasteiger partial charge in [-0.2, -0.15) is 0 Å². The van der Waals surface area contributed by atoms with Gasteiger partial charge in [-0.1, -0.05) is 45.0 Å². The van der Waals surface area contributed by atoms with Crippen LogP contribution in [0, 0.1) is 5.92 Å². The molecular formula is C27H32N4O2S. The highest BCUT2D eigenvalue weighted by atomic mass is 32.2. The number of benzene rings is 2. The number of aromatic nitrogens is 1. The Morgan fingerprint density at radius 3 is 2.47 bits per heavy atom. The quantitative estimate of drug-likeness (QED) is 0.461. The summed E-state index contributed by atoms with van der Waals surface area (Å²) in [5, 5.41) is 2.99. The van der Waals surface area contributed by atoms with Gasteiger partial charge in [0.1, 0.15) is 0 Å². The molecule has 2 heterocycles. The summed E-state index contributed by atoms with van der Waals surface area (Å²) in [6, 6.07) is 17.7. The third kappa shape index (κ3) is 5.54. The van der Waals surface area contributed by atoms with Gasteiger partial charge < -0.3 is 11.1 Å². The van der Waals surface area contributed by atoms with Crippen LogP contribution in [0.5, 0.6) is 0 Å². The van der Waals surface area contributed by atoms with Crippen molar-refractivity contribution in [1.29, 1.82) is 0 Å². The highest BCUT2D eigenvalue weighted by molar-refractivity contribution is 7.85. The Morgan fingerprint density at radius 1 is 1.15 bits per heavy atom. The molecule has 2 aromatic carbocycles. The van der Waals surface area contributed by atoms with Crippen LogP contribution < -0.4 is 11.1 Å². The van der Waals surface area contributed by atoms with Crippen LogP contribution in [0.1, 0.15) is 49.2 Å². The van der Waals surface area contributed by atoms with Gasteiger partial charge in [-0.3, -0.25) is 18.9 Å². The van der Waals surface area contributed by atoms with Crippen molar-refractivity contribution in [1.82, 2.24) is 9.88 Å². The summed E-state index contributed by atoms with van der Waals surface area (Å²) in [5.74, 6) is 0.900. The van der Waals surface area contributed by atoms with E-state index in [9.17, 15) is 9.00 Å². The van der Waals surface area contributed by atoms with E-state index < -0.39 is 10.8 Å². The number of amides is 1. The summed E-state index contributed by atoms with van der Waals surface area (Å²) in [6.07, 6.45) is 2.01. The minimum absolute atomic E-state index is 0.0942. The third-order valence-electron chi connectivity index (χ3n) is 6.14. The number of nitrogens with two attached hydrogens (primary N) is 1. The summed E-state index contributed by atoms with van der Waals surface area (Å²) >= 11 is 0. The molecule has 7 heteroatoms. The minimum Gasteiger partial charge on any atom is -0.399 e. The lowest BCUT2D eigenvalue weighted by atomic mass is 9.99. The van der Waals surface area contributed by atoms with Gasteiger partial charge in [0.25, 0.3) is 0 Å². The fourth-order valence-corrected chi connectivity index (χ4v) is 5.31. The molecule has 0 saturated heterocycles. The lowest BCUT2D eigenvalue weighted by Gasteiger charge is -2.27. The van der Waals surface area contributed by atoms with E-state index in [0.717, 1.165) is 40.5 Å². The van der Waals surface area contributed by atoms with Crippen LogP contribution in [0.4, 0.5) is 11.4 Å². The molecular weight excluding hydrogens is 444 g/mol. The number of hydrogen-bond donors (Lipinski definition) is 2. The summed E-state index contributed by atoms with van der Waals surface area (Å²) in [7, 11) is -0.985. The number of pyridine rings is 1. The van der Waals surface area contributed by atoms with Crippen molar-refractivity contribution in [3.05, 3.63) is 83.2 Å². The van der Waals surface area contributed by atoms with Crippen LogP contribution >= 0.6 is 0 Å². The number of rotatable bonds is 8. The van der Waals surface area contributed by atoms with Crippen molar-refractivity contribution in [2.45, 2.75) is 51.2 Å². The molecule has 34 heavy (non-hydrogen) atoms. The van der Waals surface area contributed by atoms with Crippen LogP contribution in [0.3, 0.4) is 0 Å². The minimum atomic E-state index is -0.985. The second-order valence-corrected chi connectivity index (χ2v) is 10.8. The highest BCUT2D eigenvalue weighted by Crippen LogP contribution is 2.39. The number of nitrogens with zero attached hydrogens (tertiary/aromatic N) is 2. The number of hydrogen-bond acceptors (Lipinski definition) is 5. The number of carbonyl (C=O) groups is 1. The second kappa shape index (κ2) is 10.5. The highest BCUT2D eigenvalue weighted by Gasteiger charge is 2.33. The molecule has 0 fully saturated rings. The largest absolute Gasteiger partial charge is 0.399 e. The van der Waals surface area contributed by atoms with E-state index in [0.29, 0.717) is 17.4 Å². The summed E-state index contributed by atoms with van der Waals surface area (Å²) < 4.78 is 11.9. The number of fused-ring (bicyclic) bond motifs is 1. The summed E-state index contributed by atoms with van der Waals surface area (Å²) in [5.41, 5.74) is 11.7. The number of nitrogens with one attached hydrogen (secondary N) is 1. The molecule has 0 saturated carbocycles. The van der Waals surface area contributed by atoms with E-state index >= 15 is 0 Å². The maximum absolute atomic E-state index is 12.6. The van der Waals surface area contributed by atoms with Gasteiger partial charge in [0, 0.05) is 29.4 Å². The fraction of sp³-hybridized carbons (Fsp3) is 0.333. The van der Waals surface area contributed by atoms with Gasteiger partial charge in [0.2, 0.25) is 5.91 Å². The third-order valence-corrected chi connectivity index (χ3v) is 7.46. The smallest absolute Gasteiger partial charge is 0.228 e. The molecule has 1 unspecified atom stereocenters. The van der Waals surface area contributed by atoms with Crippen LogP contribution in [-0.2, 0) is 35.1 Å². The molecule has 0 bridgehead atoms. The zero-order chi connectivity index (χ0) is 24.2. The molecule has 1 aliphatic rings. The first-order valence-electron chi connectivity index (χ1n) is 11.7. The van der Waals surface area contributed by atoms with Gasteiger partial charge in [0.15, 0.2) is 0 Å². The van der Waals surface area contributed by atoms with Crippen molar-refractivity contribution in [3.8, 4) is 0 Å². The van der Waals surface area contributed by atoms with Crippen LogP contribution in [0.25, 0.3) is 0 Å². The van der Waals surface area contributed by atoms with Gasteiger partial charge in [-0.15, -0.1) is 0 Å². The van der Waals surface area contributed by atoms with Crippen molar-refractivity contribution >= 4 is 28.1 Å². The van der Waals surface area contributed by atoms with Gasteiger partial charge in [-0.25, -0.2) is 0 Å². The maximum atomic E-state index is 12.6. The van der Waals surface area contributed by atoms with E-state index in [1.54, 1.807) is 6.20 Å². The zero-order valence-corrected chi connectivity index (χ0v) is 20.8. The molecule has 1 aromatic heterocycles. The van der Waals surface area contributed by atoms with Gasteiger partial charge in [-0.05, 0) is 52.9 Å². The lowest BCUT2D eigenvalue weighted by molar-refractivity contribution is -0.115. The second-order valence-electron chi connectivity index (χ2n) is 9.11. The van der Waals surface area contributed by atoms with Crippen LogP contribution in [0.2, 0.25) is 0 Å². The molecule has 0 spiro atoms. The molecule has 6 nitrogen and oxygen atoms in total. The lowest BCUT2D eigenvalue weighted by Crippen LogP contribution is -2.25. The molecule has 0 radical (unpaired) electrons. The standard InChI is InChI=1S/C27H32N4O2S/c1-4-34(33)24-11-7-19(8-12-24)13-25(32)30-23-14-21-17-31(16-20-5-9-22(28)10-6-20)27(18(2)3)26(21)29-15-23/h5-12,14-15,18,27H,4,13,16-17,28H2,1-3H3,(H,30,32)/t27-,34?/m0/s1. The Morgan fingerprint density at radius 2 is 1.82 bits per heavy atom. The average molecular weight is 477 g/mol. The molecule has 1 amide bonds. The van der Waals surface area contributed by atoms with Crippen LogP contribution in [0.15, 0.2) is 65.7 Å².